The van der Waals surface area contributed by atoms with Crippen molar-refractivity contribution < 1.29 is 5.11 Å². The van der Waals surface area contributed by atoms with E-state index in [0.29, 0.717) is 5.75 Å². The fraction of sp³-hybridized carbons (Fsp3) is 0.308. The molecule has 2 rings (SSSR count). The highest BCUT2D eigenvalue weighted by Gasteiger charge is 2.00. The number of rotatable bonds is 5. The van der Waals surface area contributed by atoms with Gasteiger partial charge in [-0.2, -0.15) is 0 Å². The maximum Gasteiger partial charge on any atom is 0.122 e. The van der Waals surface area contributed by atoms with Crippen LogP contribution in [0.15, 0.2) is 36.7 Å². The number of nitrogens with one attached hydrogen (secondary N) is 1. The number of benzene rings is 1. The van der Waals surface area contributed by atoms with Crippen LogP contribution in [0.4, 0.5) is 0 Å². The van der Waals surface area contributed by atoms with Gasteiger partial charge in [-0.05, 0) is 24.6 Å². The lowest BCUT2D eigenvalue weighted by Gasteiger charge is -2.06. The van der Waals surface area contributed by atoms with Crippen molar-refractivity contribution in [2.24, 2.45) is 0 Å². The molecule has 4 nitrogen and oxygen atoms in total. The lowest BCUT2D eigenvalue weighted by atomic mass is 10.2. The van der Waals surface area contributed by atoms with Crippen LogP contribution in [0.1, 0.15) is 18.3 Å². The predicted molar refractivity (Wildman–Crippen MR) is 66.6 cm³/mol. The summed E-state index contributed by atoms with van der Waals surface area (Å²) in [5, 5.41) is 12.5. The van der Waals surface area contributed by atoms with Crippen molar-refractivity contribution in [3.63, 3.8) is 0 Å². The van der Waals surface area contributed by atoms with Gasteiger partial charge in [-0.3, -0.25) is 0 Å². The van der Waals surface area contributed by atoms with Crippen molar-refractivity contribution in [3.8, 4) is 5.75 Å². The fourth-order valence-electron chi connectivity index (χ4n) is 1.73. The van der Waals surface area contributed by atoms with Crippen LogP contribution in [-0.2, 0) is 19.6 Å². The van der Waals surface area contributed by atoms with Crippen LogP contribution in [0.5, 0.6) is 5.75 Å². The van der Waals surface area contributed by atoms with E-state index in [2.05, 4.69) is 21.8 Å². The average molecular weight is 231 g/mol. The molecule has 2 N–H and O–H groups in total. The van der Waals surface area contributed by atoms with Gasteiger partial charge in [-0.1, -0.05) is 12.1 Å². The number of hydrogen-bond donors (Lipinski definition) is 2. The van der Waals surface area contributed by atoms with E-state index in [4.69, 9.17) is 5.11 Å². The molecule has 1 aromatic heterocycles. The predicted octanol–water partition coefficient (Wildman–Crippen LogP) is 1.90. The first-order chi connectivity index (χ1) is 8.29. The molecule has 0 unspecified atom stereocenters. The highest BCUT2D eigenvalue weighted by atomic mass is 16.3. The van der Waals surface area contributed by atoms with Crippen LogP contribution in [0.2, 0.25) is 0 Å². The van der Waals surface area contributed by atoms with Crippen LogP contribution in [0, 0.1) is 0 Å². The van der Waals surface area contributed by atoms with Gasteiger partial charge in [-0.15, -0.1) is 0 Å². The molecule has 4 heteroatoms. The number of aryl methyl sites for hydroxylation is 1. The minimum absolute atomic E-state index is 0.301. The summed E-state index contributed by atoms with van der Waals surface area (Å²) in [7, 11) is 0. The highest BCUT2D eigenvalue weighted by molar-refractivity contribution is 5.25. The number of aromatic hydroxyl groups is 1. The van der Waals surface area contributed by atoms with Crippen LogP contribution in [-0.4, -0.2) is 14.7 Å². The first kappa shape index (κ1) is 11.7. The van der Waals surface area contributed by atoms with Crippen LogP contribution in [0.3, 0.4) is 0 Å². The van der Waals surface area contributed by atoms with Gasteiger partial charge in [0.1, 0.15) is 11.6 Å². The van der Waals surface area contributed by atoms with Gasteiger partial charge in [0.15, 0.2) is 0 Å². The molecule has 0 aliphatic rings. The Labute approximate surface area is 101 Å². The van der Waals surface area contributed by atoms with Crippen molar-refractivity contribution in [1.29, 1.82) is 0 Å². The monoisotopic (exact) mass is 231 g/mol. The second kappa shape index (κ2) is 5.50. The summed E-state index contributed by atoms with van der Waals surface area (Å²) in [4.78, 5) is 4.29. The van der Waals surface area contributed by atoms with Crippen LogP contribution in [0.25, 0.3) is 0 Å². The zero-order valence-electron chi connectivity index (χ0n) is 9.93. The Kier molecular flexibility index (Phi) is 3.77. The Balaban J connectivity index is 1.85. The highest BCUT2D eigenvalue weighted by Crippen LogP contribution is 2.09. The van der Waals surface area contributed by atoms with Crippen molar-refractivity contribution in [2.45, 2.75) is 26.6 Å². The summed E-state index contributed by atoms with van der Waals surface area (Å²) in [5.74, 6) is 1.35. The molecule has 90 valence electrons. The van der Waals surface area contributed by atoms with Gasteiger partial charge in [0.2, 0.25) is 0 Å². The molecule has 0 aliphatic heterocycles. The van der Waals surface area contributed by atoms with Gasteiger partial charge in [0, 0.05) is 25.5 Å². The molecule has 0 bridgehead atoms. The van der Waals surface area contributed by atoms with E-state index >= 15 is 0 Å². The Bertz CT molecular complexity index is 462. The zero-order chi connectivity index (χ0) is 12.1. The molecular weight excluding hydrogens is 214 g/mol. The van der Waals surface area contributed by atoms with E-state index in [1.807, 2.05) is 24.5 Å². The molecule has 0 fully saturated rings. The SMILES string of the molecule is CCn1ccnc1CNCc1ccc(O)cc1. The number of phenols is 1. The summed E-state index contributed by atoms with van der Waals surface area (Å²) >= 11 is 0. The van der Waals surface area contributed by atoms with Gasteiger partial charge < -0.3 is 15.0 Å². The average Bonchev–Trinajstić information content (AvgIpc) is 2.79. The van der Waals surface area contributed by atoms with E-state index in [9.17, 15) is 0 Å². The van der Waals surface area contributed by atoms with Gasteiger partial charge >= 0.3 is 0 Å². The summed E-state index contributed by atoms with van der Waals surface area (Å²) in [6.45, 7) is 4.57. The minimum Gasteiger partial charge on any atom is -0.508 e. The number of aromatic nitrogens is 2. The van der Waals surface area contributed by atoms with Crippen molar-refractivity contribution in [1.82, 2.24) is 14.9 Å². The molecule has 0 radical (unpaired) electrons. The maximum atomic E-state index is 9.17. The molecule has 0 amide bonds. The summed E-state index contributed by atoms with van der Waals surface area (Å²) in [6, 6.07) is 7.22. The second-order valence-electron chi connectivity index (χ2n) is 3.90. The normalized spacial score (nSPS) is 10.6. The van der Waals surface area contributed by atoms with E-state index in [0.717, 1.165) is 31.0 Å². The van der Waals surface area contributed by atoms with Crippen LogP contribution < -0.4 is 5.32 Å². The molecule has 0 spiro atoms. The lowest BCUT2D eigenvalue weighted by Crippen LogP contribution is -2.16. The van der Waals surface area contributed by atoms with Crippen molar-refractivity contribution in [3.05, 3.63) is 48.0 Å². The number of hydrogen-bond acceptors (Lipinski definition) is 3. The minimum atomic E-state index is 0.301. The second-order valence-corrected chi connectivity index (χ2v) is 3.90. The summed E-state index contributed by atoms with van der Waals surface area (Å²) < 4.78 is 2.11. The third-order valence-corrected chi connectivity index (χ3v) is 2.69. The molecule has 1 heterocycles. The first-order valence-electron chi connectivity index (χ1n) is 5.78. The topological polar surface area (TPSA) is 50.1 Å². The molecule has 0 saturated carbocycles. The molecule has 0 atom stereocenters. The fourth-order valence-corrected chi connectivity index (χ4v) is 1.73. The Morgan fingerprint density at radius 2 is 2.00 bits per heavy atom. The number of nitrogens with zero attached hydrogens (tertiary/aromatic N) is 2. The van der Waals surface area contributed by atoms with Gasteiger partial charge in [0.25, 0.3) is 0 Å². The zero-order valence-corrected chi connectivity index (χ0v) is 9.93. The van der Waals surface area contributed by atoms with E-state index < -0.39 is 0 Å². The molecule has 0 saturated heterocycles. The number of phenolic OH excluding ortho intramolecular Hbond substituents is 1. The van der Waals surface area contributed by atoms with Crippen LogP contribution >= 0.6 is 0 Å². The lowest BCUT2D eigenvalue weighted by molar-refractivity contribution is 0.475. The van der Waals surface area contributed by atoms with Gasteiger partial charge in [0.05, 0.1) is 6.54 Å². The van der Waals surface area contributed by atoms with Crippen molar-refractivity contribution >= 4 is 0 Å². The molecule has 17 heavy (non-hydrogen) atoms. The largest absolute Gasteiger partial charge is 0.508 e. The van der Waals surface area contributed by atoms with E-state index in [-0.39, 0.29) is 0 Å². The summed E-state index contributed by atoms with van der Waals surface area (Å²) in [5.41, 5.74) is 1.15. The van der Waals surface area contributed by atoms with Gasteiger partial charge in [-0.25, -0.2) is 4.98 Å². The Hall–Kier alpha value is -1.81. The third-order valence-electron chi connectivity index (χ3n) is 2.69. The van der Waals surface area contributed by atoms with Crippen molar-refractivity contribution in [2.75, 3.05) is 0 Å². The van der Waals surface area contributed by atoms with E-state index in [1.165, 1.54) is 0 Å². The standard InChI is InChI=1S/C13H17N3O/c1-2-16-8-7-15-13(16)10-14-9-11-3-5-12(17)6-4-11/h3-8,14,17H,2,9-10H2,1H3. The molecular formula is C13H17N3O. The molecule has 0 aliphatic carbocycles. The maximum absolute atomic E-state index is 9.17. The number of imidazole rings is 1. The molecule has 2 aromatic rings. The quantitative estimate of drug-likeness (QED) is 0.826. The summed E-state index contributed by atoms with van der Waals surface area (Å²) in [6.07, 6.45) is 3.80. The Morgan fingerprint density at radius 3 is 2.71 bits per heavy atom. The smallest absolute Gasteiger partial charge is 0.122 e. The van der Waals surface area contributed by atoms with E-state index in [1.54, 1.807) is 12.1 Å². The molecule has 1 aromatic carbocycles. The first-order valence-corrected chi connectivity index (χ1v) is 5.78. The third kappa shape index (κ3) is 3.07. The Morgan fingerprint density at radius 1 is 1.24 bits per heavy atom.